The fourth-order valence-electron chi connectivity index (χ4n) is 2.02. The molecule has 0 aliphatic rings. The standard InChI is InChI=1S/C14H23FN2/c1-5-17(9-10(2)3)14-7-6-12(15)8-13(14)11(4)16/h6-8,10-11H,5,9,16H2,1-4H3/t11-/m1/s1. The van der Waals surface area contributed by atoms with Crippen LogP contribution in [0, 0.1) is 11.7 Å². The van der Waals surface area contributed by atoms with E-state index < -0.39 is 0 Å². The number of nitrogens with two attached hydrogens (primary N) is 1. The summed E-state index contributed by atoms with van der Waals surface area (Å²) in [7, 11) is 0. The maximum absolute atomic E-state index is 13.3. The molecule has 96 valence electrons. The Balaban J connectivity index is 3.09. The summed E-state index contributed by atoms with van der Waals surface area (Å²) in [4.78, 5) is 2.25. The zero-order valence-corrected chi connectivity index (χ0v) is 11.2. The smallest absolute Gasteiger partial charge is 0.123 e. The van der Waals surface area contributed by atoms with Crippen molar-refractivity contribution in [3.8, 4) is 0 Å². The Morgan fingerprint density at radius 2 is 1.94 bits per heavy atom. The van der Waals surface area contributed by atoms with Gasteiger partial charge in [-0.1, -0.05) is 13.8 Å². The van der Waals surface area contributed by atoms with Crippen molar-refractivity contribution in [2.45, 2.75) is 33.7 Å². The van der Waals surface area contributed by atoms with Crippen LogP contribution in [-0.2, 0) is 0 Å². The Bertz CT molecular complexity index is 361. The van der Waals surface area contributed by atoms with Crippen molar-refractivity contribution in [3.63, 3.8) is 0 Å². The summed E-state index contributed by atoms with van der Waals surface area (Å²) >= 11 is 0. The van der Waals surface area contributed by atoms with Crippen LogP contribution in [0.15, 0.2) is 18.2 Å². The summed E-state index contributed by atoms with van der Waals surface area (Å²) in [6.07, 6.45) is 0. The van der Waals surface area contributed by atoms with Gasteiger partial charge in [0.15, 0.2) is 0 Å². The highest BCUT2D eigenvalue weighted by Gasteiger charge is 2.14. The van der Waals surface area contributed by atoms with Crippen molar-refractivity contribution >= 4 is 5.69 Å². The van der Waals surface area contributed by atoms with Crippen molar-refractivity contribution in [1.29, 1.82) is 0 Å². The molecule has 0 amide bonds. The molecule has 0 radical (unpaired) electrons. The Kier molecular flexibility index (Phi) is 4.94. The minimum absolute atomic E-state index is 0.151. The lowest BCUT2D eigenvalue weighted by Crippen LogP contribution is -2.29. The van der Waals surface area contributed by atoms with Crippen LogP contribution in [-0.4, -0.2) is 13.1 Å². The van der Waals surface area contributed by atoms with E-state index in [2.05, 4.69) is 25.7 Å². The van der Waals surface area contributed by atoms with Crippen LogP contribution in [0.2, 0.25) is 0 Å². The molecular weight excluding hydrogens is 215 g/mol. The van der Waals surface area contributed by atoms with Gasteiger partial charge in [-0.2, -0.15) is 0 Å². The van der Waals surface area contributed by atoms with Crippen molar-refractivity contribution in [1.82, 2.24) is 0 Å². The van der Waals surface area contributed by atoms with E-state index in [-0.39, 0.29) is 11.9 Å². The highest BCUT2D eigenvalue weighted by Crippen LogP contribution is 2.26. The van der Waals surface area contributed by atoms with E-state index >= 15 is 0 Å². The number of benzene rings is 1. The average molecular weight is 238 g/mol. The largest absolute Gasteiger partial charge is 0.371 e. The lowest BCUT2D eigenvalue weighted by molar-refractivity contribution is 0.606. The minimum Gasteiger partial charge on any atom is -0.371 e. The molecule has 0 saturated carbocycles. The van der Waals surface area contributed by atoms with Crippen LogP contribution in [0.1, 0.15) is 39.3 Å². The molecule has 0 bridgehead atoms. The Morgan fingerprint density at radius 1 is 1.29 bits per heavy atom. The van der Waals surface area contributed by atoms with Crippen LogP contribution < -0.4 is 10.6 Å². The van der Waals surface area contributed by atoms with Gasteiger partial charge in [0.25, 0.3) is 0 Å². The number of rotatable bonds is 5. The van der Waals surface area contributed by atoms with Crippen LogP contribution in [0.25, 0.3) is 0 Å². The zero-order chi connectivity index (χ0) is 13.0. The first-order valence-electron chi connectivity index (χ1n) is 6.25. The van der Waals surface area contributed by atoms with Crippen LogP contribution in [0.4, 0.5) is 10.1 Å². The predicted molar refractivity (Wildman–Crippen MR) is 71.7 cm³/mol. The molecule has 1 aromatic rings. The number of halogens is 1. The van der Waals surface area contributed by atoms with Crippen molar-refractivity contribution in [2.75, 3.05) is 18.0 Å². The summed E-state index contributed by atoms with van der Waals surface area (Å²) in [5.74, 6) is 0.350. The number of hydrogen-bond donors (Lipinski definition) is 1. The molecule has 2 nitrogen and oxygen atoms in total. The first kappa shape index (κ1) is 14.0. The summed E-state index contributed by atoms with van der Waals surface area (Å²) in [5, 5.41) is 0. The lowest BCUT2D eigenvalue weighted by atomic mass is 10.0. The summed E-state index contributed by atoms with van der Waals surface area (Å²) < 4.78 is 13.3. The molecule has 0 heterocycles. The average Bonchev–Trinajstić information content (AvgIpc) is 2.25. The normalized spacial score (nSPS) is 12.9. The minimum atomic E-state index is -0.221. The van der Waals surface area contributed by atoms with Crippen LogP contribution in [0.5, 0.6) is 0 Å². The first-order valence-corrected chi connectivity index (χ1v) is 6.25. The molecule has 0 fully saturated rings. The molecule has 0 spiro atoms. The predicted octanol–water partition coefficient (Wildman–Crippen LogP) is 3.33. The third-order valence-electron chi connectivity index (χ3n) is 2.79. The van der Waals surface area contributed by atoms with E-state index in [1.54, 1.807) is 6.07 Å². The van der Waals surface area contributed by atoms with Crippen molar-refractivity contribution in [3.05, 3.63) is 29.6 Å². The van der Waals surface area contributed by atoms with Gasteiger partial charge in [0.05, 0.1) is 0 Å². The molecule has 1 rings (SSSR count). The number of anilines is 1. The third kappa shape index (κ3) is 3.70. The molecule has 0 aliphatic heterocycles. The Hall–Kier alpha value is -1.09. The molecular formula is C14H23FN2. The van der Waals surface area contributed by atoms with Crippen molar-refractivity contribution < 1.29 is 4.39 Å². The highest BCUT2D eigenvalue weighted by molar-refractivity contribution is 5.55. The first-order chi connectivity index (χ1) is 7.95. The van der Waals surface area contributed by atoms with Gasteiger partial charge in [-0.05, 0) is 43.5 Å². The van der Waals surface area contributed by atoms with Gasteiger partial charge < -0.3 is 10.6 Å². The van der Waals surface area contributed by atoms with E-state index in [4.69, 9.17) is 5.73 Å². The third-order valence-corrected chi connectivity index (χ3v) is 2.79. The second kappa shape index (κ2) is 6.01. The zero-order valence-electron chi connectivity index (χ0n) is 11.2. The van der Waals surface area contributed by atoms with E-state index in [0.717, 1.165) is 24.3 Å². The molecule has 2 N–H and O–H groups in total. The number of hydrogen-bond acceptors (Lipinski definition) is 2. The molecule has 0 aromatic heterocycles. The lowest BCUT2D eigenvalue weighted by Gasteiger charge is -2.28. The second-order valence-corrected chi connectivity index (χ2v) is 4.92. The number of nitrogens with zero attached hydrogens (tertiary/aromatic N) is 1. The molecule has 3 heteroatoms. The van der Waals surface area contributed by atoms with Crippen LogP contribution in [0.3, 0.4) is 0 Å². The molecule has 17 heavy (non-hydrogen) atoms. The van der Waals surface area contributed by atoms with E-state index in [0.29, 0.717) is 5.92 Å². The molecule has 1 atom stereocenters. The van der Waals surface area contributed by atoms with Gasteiger partial charge in [-0.15, -0.1) is 0 Å². The van der Waals surface area contributed by atoms with Crippen LogP contribution >= 0.6 is 0 Å². The van der Waals surface area contributed by atoms with Gasteiger partial charge >= 0.3 is 0 Å². The fourth-order valence-corrected chi connectivity index (χ4v) is 2.02. The highest BCUT2D eigenvalue weighted by atomic mass is 19.1. The van der Waals surface area contributed by atoms with Gasteiger partial charge in [0.1, 0.15) is 5.82 Å². The Labute approximate surface area is 104 Å². The summed E-state index contributed by atoms with van der Waals surface area (Å²) in [6.45, 7) is 10.2. The van der Waals surface area contributed by atoms with Gasteiger partial charge in [0, 0.05) is 24.8 Å². The summed E-state index contributed by atoms with van der Waals surface area (Å²) in [6, 6.07) is 4.73. The van der Waals surface area contributed by atoms with Gasteiger partial charge in [0.2, 0.25) is 0 Å². The van der Waals surface area contributed by atoms with Gasteiger partial charge in [-0.25, -0.2) is 4.39 Å². The second-order valence-electron chi connectivity index (χ2n) is 4.92. The fraction of sp³-hybridized carbons (Fsp3) is 0.571. The molecule has 0 unspecified atom stereocenters. The maximum Gasteiger partial charge on any atom is 0.123 e. The molecule has 0 saturated heterocycles. The SMILES string of the molecule is CCN(CC(C)C)c1ccc(F)cc1[C@@H](C)N. The van der Waals surface area contributed by atoms with E-state index in [1.165, 1.54) is 6.07 Å². The van der Waals surface area contributed by atoms with Gasteiger partial charge in [-0.3, -0.25) is 0 Å². The monoisotopic (exact) mass is 238 g/mol. The summed E-state index contributed by atoms with van der Waals surface area (Å²) in [5.41, 5.74) is 7.85. The maximum atomic E-state index is 13.3. The van der Waals surface area contributed by atoms with E-state index in [1.807, 2.05) is 13.0 Å². The van der Waals surface area contributed by atoms with Crippen molar-refractivity contribution in [2.24, 2.45) is 11.7 Å². The Morgan fingerprint density at radius 3 is 2.41 bits per heavy atom. The van der Waals surface area contributed by atoms with E-state index in [9.17, 15) is 4.39 Å². The molecule has 0 aliphatic carbocycles. The quantitative estimate of drug-likeness (QED) is 0.852. The molecule has 1 aromatic carbocycles. The topological polar surface area (TPSA) is 29.3 Å².